The van der Waals surface area contributed by atoms with E-state index in [-0.39, 0.29) is 24.0 Å². The maximum absolute atomic E-state index is 13.7. The summed E-state index contributed by atoms with van der Waals surface area (Å²) in [6.45, 7) is 6.18. The Kier molecular flexibility index (Phi) is 6.66. The number of nitriles is 1. The number of rotatable bonds is 7. The van der Waals surface area contributed by atoms with Crippen molar-refractivity contribution in [3.05, 3.63) is 57.6 Å². The minimum Gasteiger partial charge on any atom is -0.376 e. The van der Waals surface area contributed by atoms with Crippen LogP contribution in [-0.4, -0.2) is 58.8 Å². The van der Waals surface area contributed by atoms with E-state index in [1.807, 2.05) is 29.7 Å². The Morgan fingerprint density at radius 2 is 2.14 bits per heavy atom. The number of hydrogen-bond acceptors (Lipinski definition) is 7. The van der Waals surface area contributed by atoms with Gasteiger partial charge in [0.2, 0.25) is 0 Å². The molecule has 1 aromatic carbocycles. The van der Waals surface area contributed by atoms with Gasteiger partial charge in [0.1, 0.15) is 28.5 Å². The standard InChI is InChI=1S/C26H30N6O3/c1-2-18-5-3-6-19(13-18)22(33)16-31-17-29-23-21(14-27)25(30-10-8-28-9-11-30)32(24(23)26(31)34)15-20-7-4-12-35-20/h3,5-6,13,17,20,28H,2,4,7-12,15-16H2,1H3. The van der Waals surface area contributed by atoms with Crippen LogP contribution in [0.3, 0.4) is 0 Å². The summed E-state index contributed by atoms with van der Waals surface area (Å²) in [6, 6.07) is 9.79. The summed E-state index contributed by atoms with van der Waals surface area (Å²) in [5.74, 6) is 0.576. The van der Waals surface area contributed by atoms with Gasteiger partial charge in [-0.1, -0.05) is 25.1 Å². The summed E-state index contributed by atoms with van der Waals surface area (Å²) in [4.78, 5) is 33.5. The van der Waals surface area contributed by atoms with Gasteiger partial charge >= 0.3 is 0 Å². The molecule has 2 fully saturated rings. The second-order valence-electron chi connectivity index (χ2n) is 9.15. The van der Waals surface area contributed by atoms with Crippen molar-refractivity contribution in [3.63, 3.8) is 0 Å². The number of nitrogens with zero attached hydrogens (tertiary/aromatic N) is 5. The number of Topliss-reactive ketones (excluding diaryl/α,β-unsaturated/α-hetero) is 1. The fourth-order valence-electron chi connectivity index (χ4n) is 5.05. The number of benzene rings is 1. The number of aryl methyl sites for hydroxylation is 1. The smallest absolute Gasteiger partial charge is 0.278 e. The van der Waals surface area contributed by atoms with Gasteiger partial charge in [0.15, 0.2) is 5.78 Å². The molecule has 1 atom stereocenters. The van der Waals surface area contributed by atoms with Gasteiger partial charge in [0.05, 0.1) is 25.5 Å². The highest BCUT2D eigenvalue weighted by Crippen LogP contribution is 2.31. The van der Waals surface area contributed by atoms with E-state index in [0.717, 1.165) is 56.8 Å². The normalized spacial score (nSPS) is 18.2. The molecule has 0 spiro atoms. The second kappa shape index (κ2) is 10.0. The average Bonchev–Trinajstić information content (AvgIpc) is 3.52. The molecule has 2 aliphatic heterocycles. The molecule has 9 nitrogen and oxygen atoms in total. The lowest BCUT2D eigenvalue weighted by Crippen LogP contribution is -2.45. The van der Waals surface area contributed by atoms with Crippen molar-refractivity contribution in [2.75, 3.05) is 37.7 Å². The first-order chi connectivity index (χ1) is 17.1. The number of hydrogen-bond donors (Lipinski definition) is 1. The number of nitrogens with one attached hydrogen (secondary N) is 1. The summed E-state index contributed by atoms with van der Waals surface area (Å²) >= 11 is 0. The Morgan fingerprint density at radius 3 is 2.86 bits per heavy atom. The van der Waals surface area contributed by atoms with Crippen molar-refractivity contribution in [1.29, 1.82) is 5.26 Å². The van der Waals surface area contributed by atoms with Crippen LogP contribution in [0.25, 0.3) is 11.0 Å². The highest BCUT2D eigenvalue weighted by atomic mass is 16.5. The number of ketones is 1. The fraction of sp³-hybridized carbons (Fsp3) is 0.462. The van der Waals surface area contributed by atoms with E-state index >= 15 is 0 Å². The van der Waals surface area contributed by atoms with Crippen LogP contribution in [0.5, 0.6) is 0 Å². The molecule has 35 heavy (non-hydrogen) atoms. The third-order valence-corrected chi connectivity index (χ3v) is 6.91. The Morgan fingerprint density at radius 1 is 1.31 bits per heavy atom. The molecule has 1 unspecified atom stereocenters. The lowest BCUT2D eigenvalue weighted by molar-refractivity contribution is 0.0966. The summed E-state index contributed by atoms with van der Waals surface area (Å²) < 4.78 is 9.17. The van der Waals surface area contributed by atoms with Crippen LogP contribution in [0.15, 0.2) is 35.4 Å². The van der Waals surface area contributed by atoms with Gasteiger partial charge in [-0.2, -0.15) is 5.26 Å². The summed E-state index contributed by atoms with van der Waals surface area (Å²) in [7, 11) is 0. The molecule has 182 valence electrons. The molecule has 1 N–H and O–H groups in total. The van der Waals surface area contributed by atoms with Crippen LogP contribution in [0.2, 0.25) is 0 Å². The van der Waals surface area contributed by atoms with Crippen molar-refractivity contribution in [2.45, 2.75) is 45.4 Å². The van der Waals surface area contributed by atoms with Gasteiger partial charge in [-0.05, 0) is 30.9 Å². The zero-order valence-electron chi connectivity index (χ0n) is 20.0. The summed E-state index contributed by atoms with van der Waals surface area (Å²) in [6.07, 6.45) is 4.09. The number of aromatic nitrogens is 3. The van der Waals surface area contributed by atoms with E-state index in [0.29, 0.717) is 35.3 Å². The Bertz CT molecular complexity index is 1340. The van der Waals surface area contributed by atoms with Crippen LogP contribution in [-0.2, 0) is 24.2 Å². The number of anilines is 1. The van der Waals surface area contributed by atoms with Gasteiger partial charge < -0.3 is 19.5 Å². The fourth-order valence-corrected chi connectivity index (χ4v) is 5.05. The molecule has 9 heteroatoms. The van der Waals surface area contributed by atoms with Crippen molar-refractivity contribution in [1.82, 2.24) is 19.4 Å². The Balaban J connectivity index is 1.60. The lowest BCUT2D eigenvalue weighted by atomic mass is 10.1. The first-order valence-electron chi connectivity index (χ1n) is 12.3. The van der Waals surface area contributed by atoms with Crippen molar-refractivity contribution >= 4 is 22.6 Å². The third kappa shape index (κ3) is 4.47. The quantitative estimate of drug-likeness (QED) is 0.523. The Hall–Kier alpha value is -3.48. The molecule has 5 rings (SSSR count). The Labute approximate surface area is 203 Å². The highest BCUT2D eigenvalue weighted by molar-refractivity contribution is 5.96. The molecule has 3 aromatic rings. The molecule has 0 saturated carbocycles. The molecule has 4 heterocycles. The number of carbonyl (C=O) groups is 1. The lowest BCUT2D eigenvalue weighted by Gasteiger charge is -2.31. The molecule has 0 radical (unpaired) electrons. The number of ether oxygens (including phenoxy) is 1. The zero-order chi connectivity index (χ0) is 24.4. The van der Waals surface area contributed by atoms with E-state index in [9.17, 15) is 14.9 Å². The maximum Gasteiger partial charge on any atom is 0.278 e. The maximum atomic E-state index is 13.7. The summed E-state index contributed by atoms with van der Waals surface area (Å²) in [5, 5.41) is 13.4. The number of carbonyl (C=O) groups excluding carboxylic acids is 1. The van der Waals surface area contributed by atoms with Gasteiger partial charge in [-0.15, -0.1) is 0 Å². The van der Waals surface area contributed by atoms with Crippen LogP contribution in [0.1, 0.15) is 41.3 Å². The van der Waals surface area contributed by atoms with Crippen LogP contribution >= 0.6 is 0 Å². The van der Waals surface area contributed by atoms with Gasteiger partial charge in [0, 0.05) is 38.3 Å². The average molecular weight is 475 g/mol. The van der Waals surface area contributed by atoms with E-state index in [2.05, 4.69) is 21.3 Å². The number of piperazine rings is 1. The molecule has 0 amide bonds. The zero-order valence-corrected chi connectivity index (χ0v) is 20.0. The number of fused-ring (bicyclic) bond motifs is 1. The molecule has 2 aliphatic rings. The third-order valence-electron chi connectivity index (χ3n) is 6.91. The highest BCUT2D eigenvalue weighted by Gasteiger charge is 2.29. The van der Waals surface area contributed by atoms with E-state index in [1.54, 1.807) is 6.07 Å². The second-order valence-corrected chi connectivity index (χ2v) is 9.15. The van der Waals surface area contributed by atoms with Gasteiger partial charge in [-0.3, -0.25) is 14.2 Å². The molecule has 0 aliphatic carbocycles. The first-order valence-corrected chi connectivity index (χ1v) is 12.3. The molecule has 2 saturated heterocycles. The van der Waals surface area contributed by atoms with Crippen LogP contribution in [0.4, 0.5) is 5.82 Å². The monoisotopic (exact) mass is 474 g/mol. The largest absolute Gasteiger partial charge is 0.376 e. The van der Waals surface area contributed by atoms with Crippen molar-refractivity contribution in [3.8, 4) is 6.07 Å². The van der Waals surface area contributed by atoms with Gasteiger partial charge in [-0.25, -0.2) is 4.98 Å². The van der Waals surface area contributed by atoms with E-state index < -0.39 is 0 Å². The van der Waals surface area contributed by atoms with E-state index in [4.69, 9.17) is 4.74 Å². The minimum absolute atomic E-state index is 0.0229. The molecular weight excluding hydrogens is 444 g/mol. The van der Waals surface area contributed by atoms with Crippen molar-refractivity contribution in [2.24, 2.45) is 0 Å². The topological polar surface area (TPSA) is 105 Å². The molecule has 2 aromatic heterocycles. The van der Waals surface area contributed by atoms with Crippen LogP contribution < -0.4 is 15.8 Å². The molecular formula is C26H30N6O3. The summed E-state index contributed by atoms with van der Waals surface area (Å²) in [5.41, 5.74) is 2.49. The predicted octanol–water partition coefficient (Wildman–Crippen LogP) is 2.10. The van der Waals surface area contributed by atoms with Gasteiger partial charge in [0.25, 0.3) is 5.56 Å². The predicted molar refractivity (Wildman–Crippen MR) is 133 cm³/mol. The van der Waals surface area contributed by atoms with Crippen LogP contribution in [0, 0.1) is 11.3 Å². The molecule has 0 bridgehead atoms. The van der Waals surface area contributed by atoms with Crippen molar-refractivity contribution < 1.29 is 9.53 Å². The van der Waals surface area contributed by atoms with E-state index in [1.165, 1.54) is 10.9 Å². The SMILES string of the molecule is CCc1cccc(C(=O)Cn2cnc3c(C#N)c(N4CCNCC4)n(CC4CCCO4)c3c2=O)c1. The first kappa shape index (κ1) is 23.3. The minimum atomic E-state index is -0.314.